The molecule has 0 saturated carbocycles. The molecule has 0 amide bonds. The number of piperazine rings is 1. The van der Waals surface area contributed by atoms with Crippen molar-refractivity contribution >= 4 is 5.69 Å². The first kappa shape index (κ1) is 19.3. The van der Waals surface area contributed by atoms with Gasteiger partial charge >= 0.3 is 0 Å². The first-order chi connectivity index (χ1) is 12.3. The third-order valence-electron chi connectivity index (χ3n) is 5.42. The molecule has 2 aliphatic heterocycles. The van der Waals surface area contributed by atoms with E-state index in [0.29, 0.717) is 26.2 Å². The van der Waals surface area contributed by atoms with Crippen molar-refractivity contribution in [2.75, 3.05) is 64.4 Å². The summed E-state index contributed by atoms with van der Waals surface area (Å²) < 4.78 is 34.5. The Balaban J connectivity index is 1.53. The molecule has 2 heterocycles. The van der Waals surface area contributed by atoms with E-state index in [0.717, 1.165) is 39.0 Å². The molecule has 0 radical (unpaired) electrons. The number of likely N-dealkylation sites (tertiary alicyclic amines) is 1. The van der Waals surface area contributed by atoms with Crippen molar-refractivity contribution in [3.05, 3.63) is 23.8 Å². The van der Waals surface area contributed by atoms with Crippen LogP contribution in [0.3, 0.4) is 0 Å². The van der Waals surface area contributed by atoms with Gasteiger partial charge in [-0.1, -0.05) is 0 Å². The zero-order valence-corrected chi connectivity index (χ0v) is 15.7. The standard InChI is InChI=1S/C19H29F2N3O2/c1-19(25)3-5-23(6-4-19)11-12-26-15-13-16(20)18(17(21)14-15)24-9-7-22(2)8-10-24/h13-14,25H,3-12H2,1-2H3. The molecule has 1 aromatic carbocycles. The van der Waals surface area contributed by atoms with Crippen molar-refractivity contribution in [2.45, 2.75) is 25.4 Å². The van der Waals surface area contributed by atoms with Crippen molar-refractivity contribution in [3.8, 4) is 5.75 Å². The molecule has 0 aromatic heterocycles. The Kier molecular flexibility index (Phi) is 5.99. The zero-order chi connectivity index (χ0) is 18.7. The van der Waals surface area contributed by atoms with E-state index in [9.17, 15) is 13.9 Å². The minimum Gasteiger partial charge on any atom is -0.492 e. The van der Waals surface area contributed by atoms with Gasteiger partial charge in [0.15, 0.2) is 11.6 Å². The lowest BCUT2D eigenvalue weighted by Crippen LogP contribution is -2.45. The second kappa shape index (κ2) is 8.06. The van der Waals surface area contributed by atoms with Crippen molar-refractivity contribution in [1.29, 1.82) is 0 Å². The van der Waals surface area contributed by atoms with Gasteiger partial charge < -0.3 is 19.6 Å². The highest BCUT2D eigenvalue weighted by molar-refractivity contribution is 5.52. The summed E-state index contributed by atoms with van der Waals surface area (Å²) >= 11 is 0. The van der Waals surface area contributed by atoms with E-state index in [-0.39, 0.29) is 11.4 Å². The highest BCUT2D eigenvalue weighted by Crippen LogP contribution is 2.29. The Morgan fingerprint density at radius 2 is 1.62 bits per heavy atom. The average molecular weight is 369 g/mol. The van der Waals surface area contributed by atoms with Crippen LogP contribution < -0.4 is 9.64 Å². The maximum Gasteiger partial charge on any atom is 0.153 e. The first-order valence-electron chi connectivity index (χ1n) is 9.34. The summed E-state index contributed by atoms with van der Waals surface area (Å²) in [5.74, 6) is -0.918. The molecule has 7 heteroatoms. The Labute approximate surface area is 154 Å². The van der Waals surface area contributed by atoms with Crippen LogP contribution in [0.5, 0.6) is 5.75 Å². The minimum absolute atomic E-state index is 0.0451. The number of nitrogens with zero attached hydrogens (tertiary/aromatic N) is 3. The maximum absolute atomic E-state index is 14.4. The summed E-state index contributed by atoms with van der Waals surface area (Å²) in [7, 11) is 2.00. The number of ether oxygens (including phenoxy) is 1. The van der Waals surface area contributed by atoms with E-state index in [1.54, 1.807) is 4.90 Å². The summed E-state index contributed by atoms with van der Waals surface area (Å²) in [6.07, 6.45) is 1.46. The van der Waals surface area contributed by atoms with Gasteiger partial charge in [0, 0.05) is 57.9 Å². The molecule has 146 valence electrons. The molecule has 0 spiro atoms. The smallest absolute Gasteiger partial charge is 0.153 e. The number of aliphatic hydroxyl groups is 1. The van der Waals surface area contributed by atoms with Gasteiger partial charge in [-0.2, -0.15) is 0 Å². The third-order valence-corrected chi connectivity index (χ3v) is 5.42. The van der Waals surface area contributed by atoms with Crippen molar-refractivity contribution in [2.24, 2.45) is 0 Å². The molecule has 5 nitrogen and oxygen atoms in total. The van der Waals surface area contributed by atoms with Gasteiger partial charge in [-0.05, 0) is 26.8 Å². The molecule has 0 unspecified atom stereocenters. The van der Waals surface area contributed by atoms with Crippen LogP contribution in [0.2, 0.25) is 0 Å². The highest BCUT2D eigenvalue weighted by Gasteiger charge is 2.27. The quantitative estimate of drug-likeness (QED) is 0.859. The number of hydrogen-bond acceptors (Lipinski definition) is 5. The van der Waals surface area contributed by atoms with Crippen LogP contribution in [0.1, 0.15) is 19.8 Å². The predicted molar refractivity (Wildman–Crippen MR) is 97.9 cm³/mol. The topological polar surface area (TPSA) is 39.2 Å². The fraction of sp³-hybridized carbons (Fsp3) is 0.684. The van der Waals surface area contributed by atoms with Crippen LogP contribution in [-0.4, -0.2) is 80.0 Å². The summed E-state index contributed by atoms with van der Waals surface area (Å²) in [5, 5.41) is 9.96. The molecule has 0 aliphatic carbocycles. The van der Waals surface area contributed by atoms with E-state index in [1.165, 1.54) is 12.1 Å². The summed E-state index contributed by atoms with van der Waals surface area (Å²) in [5.41, 5.74) is -0.536. The zero-order valence-electron chi connectivity index (χ0n) is 15.7. The molecule has 2 saturated heterocycles. The van der Waals surface area contributed by atoms with Gasteiger partial charge in [0.05, 0.1) is 5.60 Å². The SMILES string of the molecule is CN1CCN(c2c(F)cc(OCCN3CCC(C)(O)CC3)cc2F)CC1. The number of anilines is 1. The third kappa shape index (κ3) is 4.84. The highest BCUT2D eigenvalue weighted by atomic mass is 19.1. The van der Waals surface area contributed by atoms with Crippen molar-refractivity contribution in [3.63, 3.8) is 0 Å². The van der Waals surface area contributed by atoms with Gasteiger partial charge in [-0.15, -0.1) is 0 Å². The van der Waals surface area contributed by atoms with Gasteiger partial charge in [0.1, 0.15) is 18.0 Å². The van der Waals surface area contributed by atoms with Crippen LogP contribution in [-0.2, 0) is 0 Å². The summed E-state index contributed by atoms with van der Waals surface area (Å²) in [6, 6.07) is 2.55. The molecule has 1 aromatic rings. The van der Waals surface area contributed by atoms with Crippen LogP contribution >= 0.6 is 0 Å². The summed E-state index contributed by atoms with van der Waals surface area (Å²) in [6.45, 7) is 7.33. The number of hydrogen-bond donors (Lipinski definition) is 1. The first-order valence-corrected chi connectivity index (χ1v) is 9.34. The van der Waals surface area contributed by atoms with Crippen LogP contribution in [0.25, 0.3) is 0 Å². The lowest BCUT2D eigenvalue weighted by atomic mass is 9.94. The number of piperidine rings is 1. The fourth-order valence-corrected chi connectivity index (χ4v) is 3.51. The van der Waals surface area contributed by atoms with Gasteiger partial charge in [0.25, 0.3) is 0 Å². The lowest BCUT2D eigenvalue weighted by Gasteiger charge is -2.35. The average Bonchev–Trinajstić information content (AvgIpc) is 2.57. The molecule has 2 aliphatic rings. The monoisotopic (exact) mass is 369 g/mol. The Hall–Kier alpha value is -1.44. The van der Waals surface area contributed by atoms with Gasteiger partial charge in [-0.25, -0.2) is 8.78 Å². The number of rotatable bonds is 5. The Bertz CT molecular complexity index is 586. The van der Waals surface area contributed by atoms with E-state index in [4.69, 9.17) is 4.74 Å². The molecule has 3 rings (SSSR count). The number of halogens is 2. The van der Waals surface area contributed by atoms with Crippen LogP contribution in [0.4, 0.5) is 14.5 Å². The molecule has 26 heavy (non-hydrogen) atoms. The molecular formula is C19H29F2N3O2. The number of benzene rings is 1. The Morgan fingerprint density at radius 3 is 2.19 bits per heavy atom. The second-order valence-electron chi connectivity index (χ2n) is 7.71. The van der Waals surface area contributed by atoms with E-state index in [2.05, 4.69) is 9.80 Å². The predicted octanol–water partition coefficient (Wildman–Crippen LogP) is 1.94. The fourth-order valence-electron chi connectivity index (χ4n) is 3.51. The summed E-state index contributed by atoms with van der Waals surface area (Å²) in [4.78, 5) is 6.10. The molecule has 0 bridgehead atoms. The second-order valence-corrected chi connectivity index (χ2v) is 7.71. The minimum atomic E-state index is -0.581. The van der Waals surface area contributed by atoms with E-state index >= 15 is 0 Å². The van der Waals surface area contributed by atoms with Crippen LogP contribution in [0.15, 0.2) is 12.1 Å². The van der Waals surface area contributed by atoms with Gasteiger partial charge in [-0.3, -0.25) is 4.90 Å². The molecule has 1 N–H and O–H groups in total. The van der Waals surface area contributed by atoms with Crippen molar-refractivity contribution < 1.29 is 18.6 Å². The molecule has 0 atom stereocenters. The maximum atomic E-state index is 14.4. The normalized spacial score (nSPS) is 21.8. The molecular weight excluding hydrogens is 340 g/mol. The van der Waals surface area contributed by atoms with Gasteiger partial charge in [0.2, 0.25) is 0 Å². The van der Waals surface area contributed by atoms with Crippen molar-refractivity contribution in [1.82, 2.24) is 9.80 Å². The number of likely N-dealkylation sites (N-methyl/N-ethyl adjacent to an activating group) is 1. The molecule has 2 fully saturated rings. The van der Waals surface area contributed by atoms with E-state index in [1.807, 2.05) is 14.0 Å². The van der Waals surface area contributed by atoms with E-state index < -0.39 is 17.2 Å². The lowest BCUT2D eigenvalue weighted by molar-refractivity contribution is -0.00769. The largest absolute Gasteiger partial charge is 0.492 e. The Morgan fingerprint density at radius 1 is 1.04 bits per heavy atom. The van der Waals surface area contributed by atoms with Crippen LogP contribution in [0, 0.1) is 11.6 Å².